The van der Waals surface area contributed by atoms with Gasteiger partial charge in [0.05, 0.1) is 12.3 Å². The summed E-state index contributed by atoms with van der Waals surface area (Å²) in [6, 6.07) is 4.36. The first-order valence-corrected chi connectivity index (χ1v) is 6.86. The fraction of sp³-hybridized carbons (Fsp3) is 0.667. The lowest BCUT2D eigenvalue weighted by molar-refractivity contribution is 0.403. The van der Waals surface area contributed by atoms with Crippen molar-refractivity contribution in [3.63, 3.8) is 0 Å². The molecule has 1 aromatic rings. The maximum atomic E-state index is 5.40. The third-order valence-corrected chi connectivity index (χ3v) is 3.68. The molecule has 0 aliphatic rings. The fourth-order valence-electron chi connectivity index (χ4n) is 1.51. The van der Waals surface area contributed by atoms with Gasteiger partial charge in [-0.25, -0.2) is 0 Å². The van der Waals surface area contributed by atoms with Gasteiger partial charge in [-0.1, -0.05) is 13.8 Å². The highest BCUT2D eigenvalue weighted by atomic mass is 32.2. The third kappa shape index (κ3) is 4.31. The third-order valence-electron chi connectivity index (χ3n) is 2.64. The molecule has 0 radical (unpaired) electrons. The summed E-state index contributed by atoms with van der Waals surface area (Å²) in [5.74, 6) is 1.05. The second-order valence-corrected chi connectivity index (χ2v) is 5.04. The average molecular weight is 227 g/mol. The molecule has 0 aliphatic carbocycles. The van der Waals surface area contributed by atoms with E-state index in [2.05, 4.69) is 25.4 Å². The Bertz CT molecular complexity index is 248. The summed E-state index contributed by atoms with van der Waals surface area (Å²) >= 11 is 1.92. The van der Waals surface area contributed by atoms with Gasteiger partial charge in [-0.15, -0.1) is 0 Å². The highest BCUT2D eigenvalue weighted by Crippen LogP contribution is 2.17. The molecule has 0 fully saturated rings. The number of hydrogen-bond donors (Lipinski definition) is 1. The Labute approximate surface area is 96.8 Å². The Morgan fingerprint density at radius 3 is 2.87 bits per heavy atom. The molecule has 2 unspecified atom stereocenters. The average Bonchev–Trinajstić information content (AvgIpc) is 2.77. The first-order chi connectivity index (χ1) is 7.27. The molecule has 0 bridgehead atoms. The van der Waals surface area contributed by atoms with Crippen molar-refractivity contribution < 1.29 is 4.42 Å². The van der Waals surface area contributed by atoms with Crippen molar-refractivity contribution in [2.45, 2.75) is 38.0 Å². The van der Waals surface area contributed by atoms with Crippen LogP contribution >= 0.6 is 11.8 Å². The van der Waals surface area contributed by atoms with Crippen LogP contribution in [0.15, 0.2) is 22.8 Å². The molecule has 0 aromatic carbocycles. The summed E-state index contributed by atoms with van der Waals surface area (Å²) in [5.41, 5.74) is 0. The quantitative estimate of drug-likeness (QED) is 0.772. The smallest absolute Gasteiger partial charge is 0.120 e. The zero-order chi connectivity index (χ0) is 11.1. The van der Waals surface area contributed by atoms with Crippen molar-refractivity contribution in [2.75, 3.05) is 12.8 Å². The Morgan fingerprint density at radius 1 is 1.53 bits per heavy atom. The maximum absolute atomic E-state index is 5.40. The number of hydrogen-bond acceptors (Lipinski definition) is 3. The van der Waals surface area contributed by atoms with E-state index in [4.69, 9.17) is 4.42 Å². The van der Waals surface area contributed by atoms with E-state index in [0.29, 0.717) is 6.04 Å². The van der Waals surface area contributed by atoms with E-state index in [1.807, 2.05) is 23.9 Å². The minimum atomic E-state index is 0.369. The molecule has 1 N–H and O–H groups in total. The SMILES string of the molecule is CCC(NCCC(C)SC)c1ccco1. The van der Waals surface area contributed by atoms with E-state index in [9.17, 15) is 0 Å². The molecule has 0 spiro atoms. The van der Waals surface area contributed by atoms with E-state index in [1.165, 1.54) is 6.42 Å². The second-order valence-electron chi connectivity index (χ2n) is 3.77. The summed E-state index contributed by atoms with van der Waals surface area (Å²) in [4.78, 5) is 0. The lowest BCUT2D eigenvalue weighted by atomic mass is 10.1. The second kappa shape index (κ2) is 6.96. The molecule has 1 heterocycles. The first kappa shape index (κ1) is 12.7. The van der Waals surface area contributed by atoms with Crippen LogP contribution in [0.4, 0.5) is 0 Å². The normalized spacial score (nSPS) is 15.1. The van der Waals surface area contributed by atoms with Crippen molar-refractivity contribution in [1.29, 1.82) is 0 Å². The molecule has 0 saturated heterocycles. The van der Waals surface area contributed by atoms with Crippen LogP contribution in [0, 0.1) is 0 Å². The molecule has 0 saturated carbocycles. The van der Waals surface area contributed by atoms with Gasteiger partial charge in [0.15, 0.2) is 0 Å². The molecular weight excluding hydrogens is 206 g/mol. The van der Waals surface area contributed by atoms with Crippen LogP contribution in [0.5, 0.6) is 0 Å². The molecule has 86 valence electrons. The van der Waals surface area contributed by atoms with Crippen LogP contribution in [-0.4, -0.2) is 18.1 Å². The van der Waals surface area contributed by atoms with Gasteiger partial charge in [-0.3, -0.25) is 0 Å². The summed E-state index contributed by atoms with van der Waals surface area (Å²) < 4.78 is 5.40. The summed E-state index contributed by atoms with van der Waals surface area (Å²) in [6.45, 7) is 5.50. The zero-order valence-electron chi connectivity index (χ0n) is 9.82. The molecule has 0 aliphatic heterocycles. The molecular formula is C12H21NOS. The van der Waals surface area contributed by atoms with Crippen LogP contribution < -0.4 is 5.32 Å². The minimum absolute atomic E-state index is 0.369. The Balaban J connectivity index is 2.29. The van der Waals surface area contributed by atoms with E-state index >= 15 is 0 Å². The zero-order valence-corrected chi connectivity index (χ0v) is 10.6. The van der Waals surface area contributed by atoms with Gasteiger partial charge in [0.1, 0.15) is 5.76 Å². The summed E-state index contributed by atoms with van der Waals surface area (Å²) in [7, 11) is 0. The molecule has 1 rings (SSSR count). The van der Waals surface area contributed by atoms with Gasteiger partial charge in [-0.2, -0.15) is 11.8 Å². The van der Waals surface area contributed by atoms with Gasteiger partial charge in [0, 0.05) is 5.25 Å². The van der Waals surface area contributed by atoms with E-state index in [-0.39, 0.29) is 0 Å². The van der Waals surface area contributed by atoms with Crippen molar-refractivity contribution in [3.8, 4) is 0 Å². The number of rotatable bonds is 7. The maximum Gasteiger partial charge on any atom is 0.120 e. The summed E-state index contributed by atoms with van der Waals surface area (Å²) in [5, 5.41) is 4.26. The van der Waals surface area contributed by atoms with Crippen molar-refractivity contribution in [1.82, 2.24) is 5.32 Å². The molecule has 0 amide bonds. The van der Waals surface area contributed by atoms with Crippen LogP contribution in [0.25, 0.3) is 0 Å². The van der Waals surface area contributed by atoms with E-state index in [0.717, 1.165) is 24.0 Å². The minimum Gasteiger partial charge on any atom is -0.468 e. The van der Waals surface area contributed by atoms with E-state index < -0.39 is 0 Å². The number of nitrogens with one attached hydrogen (secondary N) is 1. The fourth-order valence-corrected chi connectivity index (χ4v) is 1.87. The highest BCUT2D eigenvalue weighted by Gasteiger charge is 2.11. The molecule has 15 heavy (non-hydrogen) atoms. The first-order valence-electron chi connectivity index (χ1n) is 5.57. The van der Waals surface area contributed by atoms with Gasteiger partial charge in [0.2, 0.25) is 0 Å². The highest BCUT2D eigenvalue weighted by molar-refractivity contribution is 7.99. The lowest BCUT2D eigenvalue weighted by Gasteiger charge is -2.15. The van der Waals surface area contributed by atoms with E-state index in [1.54, 1.807) is 6.26 Å². The molecule has 2 nitrogen and oxygen atoms in total. The van der Waals surface area contributed by atoms with Gasteiger partial charge in [-0.05, 0) is 37.8 Å². The predicted molar refractivity (Wildman–Crippen MR) is 67.3 cm³/mol. The predicted octanol–water partition coefficient (Wildman–Crippen LogP) is 3.46. The van der Waals surface area contributed by atoms with Crippen LogP contribution in [0.1, 0.15) is 38.5 Å². The van der Waals surface area contributed by atoms with Gasteiger partial charge < -0.3 is 9.73 Å². The molecule has 3 heteroatoms. The Hall–Kier alpha value is -0.410. The van der Waals surface area contributed by atoms with Crippen molar-refractivity contribution in [2.24, 2.45) is 0 Å². The molecule has 2 atom stereocenters. The Kier molecular flexibility index (Phi) is 5.88. The Morgan fingerprint density at radius 2 is 2.33 bits per heavy atom. The summed E-state index contributed by atoms with van der Waals surface area (Å²) in [6.07, 6.45) is 6.18. The van der Waals surface area contributed by atoms with Crippen LogP contribution in [0.2, 0.25) is 0 Å². The number of thioether (sulfide) groups is 1. The standard InChI is InChI=1S/C12H21NOS/c1-4-11(12-6-5-9-14-12)13-8-7-10(2)15-3/h5-6,9-11,13H,4,7-8H2,1-3H3. The largest absolute Gasteiger partial charge is 0.468 e. The molecule has 1 aromatic heterocycles. The van der Waals surface area contributed by atoms with Gasteiger partial charge >= 0.3 is 0 Å². The lowest BCUT2D eigenvalue weighted by Crippen LogP contribution is -2.23. The van der Waals surface area contributed by atoms with Crippen LogP contribution in [0.3, 0.4) is 0 Å². The monoisotopic (exact) mass is 227 g/mol. The van der Waals surface area contributed by atoms with Crippen molar-refractivity contribution >= 4 is 11.8 Å². The van der Waals surface area contributed by atoms with Gasteiger partial charge in [0.25, 0.3) is 0 Å². The van der Waals surface area contributed by atoms with Crippen LogP contribution in [-0.2, 0) is 0 Å². The number of furan rings is 1. The van der Waals surface area contributed by atoms with Crippen molar-refractivity contribution in [3.05, 3.63) is 24.2 Å². The topological polar surface area (TPSA) is 25.2 Å².